The van der Waals surface area contributed by atoms with Crippen molar-refractivity contribution in [3.8, 4) is 0 Å². The van der Waals surface area contributed by atoms with Crippen LogP contribution in [-0.4, -0.2) is 11.6 Å². The number of carbonyl (C=O) groups excluding carboxylic acids is 2. The van der Waals surface area contributed by atoms with Crippen LogP contribution in [0, 0.1) is 0 Å². The molecule has 0 heterocycles. The van der Waals surface area contributed by atoms with Gasteiger partial charge in [-0.3, -0.25) is 9.59 Å². The average Bonchev–Trinajstić information content (AvgIpc) is 3.14. The van der Waals surface area contributed by atoms with Crippen molar-refractivity contribution >= 4 is 45.5 Å². The fourth-order valence-electron chi connectivity index (χ4n) is 4.63. The Kier molecular flexibility index (Phi) is 5.08. The molecule has 0 amide bonds. The number of anilines is 3. The predicted molar refractivity (Wildman–Crippen MR) is 142 cm³/mol. The summed E-state index contributed by atoms with van der Waals surface area (Å²) in [7, 11) is 0. The number of fused-ring (bicyclic) bond motifs is 2. The highest BCUT2D eigenvalue weighted by molar-refractivity contribution is 6.42. The highest BCUT2D eigenvalue weighted by Crippen LogP contribution is 2.35. The molecule has 166 valence electrons. The maximum Gasteiger partial charge on any atom is 0.197 e. The summed E-state index contributed by atoms with van der Waals surface area (Å²) in [5.41, 5.74) is 5.08. The summed E-state index contributed by atoms with van der Waals surface area (Å²) in [6, 6.07) is 39.7. The Bertz CT molecular complexity index is 1500. The standard InChI is InChI=1S/C32H21NO2/c34-31-28-20-23-9-7-8-10-24(23)21-29(28)32(35)30(31)19-22-15-17-27(18-16-22)33(25-11-3-1-4-12-25)26-13-5-2-6-14-26/h1-21H. The molecule has 0 fully saturated rings. The molecule has 0 atom stereocenters. The van der Waals surface area contributed by atoms with E-state index in [2.05, 4.69) is 29.2 Å². The topological polar surface area (TPSA) is 37.4 Å². The minimum atomic E-state index is -0.213. The number of allylic oxidation sites excluding steroid dienone is 1. The van der Waals surface area contributed by atoms with Gasteiger partial charge < -0.3 is 4.90 Å². The van der Waals surface area contributed by atoms with Gasteiger partial charge in [0.2, 0.25) is 0 Å². The van der Waals surface area contributed by atoms with Crippen molar-refractivity contribution < 1.29 is 9.59 Å². The summed E-state index contributed by atoms with van der Waals surface area (Å²) in [6.45, 7) is 0. The lowest BCUT2D eigenvalue weighted by molar-refractivity contribution is 0.0990. The molecule has 3 heteroatoms. The van der Waals surface area contributed by atoms with Crippen LogP contribution in [0.25, 0.3) is 16.8 Å². The smallest absolute Gasteiger partial charge is 0.197 e. The van der Waals surface area contributed by atoms with Gasteiger partial charge in [0.15, 0.2) is 11.6 Å². The first-order chi connectivity index (χ1) is 17.2. The third-order valence-corrected chi connectivity index (χ3v) is 6.36. The Morgan fingerprint density at radius 1 is 0.486 bits per heavy atom. The van der Waals surface area contributed by atoms with E-state index in [0.29, 0.717) is 11.1 Å². The molecule has 1 aliphatic rings. The van der Waals surface area contributed by atoms with Crippen molar-refractivity contribution in [2.24, 2.45) is 0 Å². The minimum Gasteiger partial charge on any atom is -0.311 e. The predicted octanol–water partition coefficient (Wildman–Crippen LogP) is 7.77. The zero-order valence-corrected chi connectivity index (χ0v) is 18.9. The van der Waals surface area contributed by atoms with Gasteiger partial charge in [0.1, 0.15) is 0 Å². The van der Waals surface area contributed by atoms with Crippen LogP contribution in [0.1, 0.15) is 26.3 Å². The summed E-state index contributed by atoms with van der Waals surface area (Å²) in [4.78, 5) is 28.4. The van der Waals surface area contributed by atoms with E-state index in [1.165, 1.54) is 0 Å². The van der Waals surface area contributed by atoms with Crippen LogP contribution in [0.3, 0.4) is 0 Å². The highest BCUT2D eigenvalue weighted by Gasteiger charge is 2.33. The molecule has 0 N–H and O–H groups in total. The van der Waals surface area contributed by atoms with E-state index >= 15 is 0 Å². The number of ketones is 2. The van der Waals surface area contributed by atoms with E-state index in [9.17, 15) is 9.59 Å². The van der Waals surface area contributed by atoms with Gasteiger partial charge in [-0.15, -0.1) is 0 Å². The lowest BCUT2D eigenvalue weighted by atomic mass is 10.0. The van der Waals surface area contributed by atoms with Gasteiger partial charge >= 0.3 is 0 Å². The second kappa shape index (κ2) is 8.54. The zero-order valence-electron chi connectivity index (χ0n) is 18.9. The van der Waals surface area contributed by atoms with Crippen LogP contribution in [0.4, 0.5) is 17.1 Å². The van der Waals surface area contributed by atoms with Crippen LogP contribution >= 0.6 is 0 Å². The summed E-state index contributed by atoms with van der Waals surface area (Å²) >= 11 is 0. The Morgan fingerprint density at radius 3 is 1.40 bits per heavy atom. The van der Waals surface area contributed by atoms with E-state index in [-0.39, 0.29) is 17.1 Å². The number of rotatable bonds is 4. The number of hydrogen-bond donors (Lipinski definition) is 0. The molecule has 0 unspecified atom stereocenters. The zero-order chi connectivity index (χ0) is 23.8. The molecule has 0 saturated carbocycles. The lowest BCUT2D eigenvalue weighted by Gasteiger charge is -2.25. The molecule has 0 saturated heterocycles. The van der Waals surface area contributed by atoms with E-state index in [1.807, 2.05) is 97.1 Å². The van der Waals surface area contributed by atoms with Crippen molar-refractivity contribution in [3.63, 3.8) is 0 Å². The molecule has 3 nitrogen and oxygen atoms in total. The SMILES string of the molecule is O=C1C(=Cc2ccc(N(c3ccccc3)c3ccccc3)cc2)C(=O)c2cc3ccccc3cc21. The second-order valence-electron chi connectivity index (χ2n) is 8.56. The first-order valence-electron chi connectivity index (χ1n) is 11.5. The summed E-state index contributed by atoms with van der Waals surface area (Å²) in [6.07, 6.45) is 1.70. The van der Waals surface area contributed by atoms with E-state index in [4.69, 9.17) is 0 Å². The van der Waals surface area contributed by atoms with Crippen molar-refractivity contribution in [1.29, 1.82) is 0 Å². The van der Waals surface area contributed by atoms with Crippen LogP contribution in [-0.2, 0) is 0 Å². The maximum atomic E-state index is 13.1. The molecule has 1 aliphatic carbocycles. The second-order valence-corrected chi connectivity index (χ2v) is 8.56. The first kappa shape index (κ1) is 20.8. The minimum absolute atomic E-state index is 0.213. The molecule has 5 aromatic rings. The van der Waals surface area contributed by atoms with Gasteiger partial charge in [-0.25, -0.2) is 0 Å². The third kappa shape index (κ3) is 3.73. The Labute approximate surface area is 203 Å². The lowest BCUT2D eigenvalue weighted by Crippen LogP contribution is -2.09. The molecule has 0 radical (unpaired) electrons. The van der Waals surface area contributed by atoms with Crippen molar-refractivity contribution in [3.05, 3.63) is 144 Å². The van der Waals surface area contributed by atoms with E-state index in [1.54, 1.807) is 6.08 Å². The molecule has 0 aromatic heterocycles. The summed E-state index contributed by atoms with van der Waals surface area (Å²) in [5.74, 6) is -0.426. The third-order valence-electron chi connectivity index (χ3n) is 6.36. The van der Waals surface area contributed by atoms with Crippen molar-refractivity contribution in [2.45, 2.75) is 0 Å². The Morgan fingerprint density at radius 2 is 0.914 bits per heavy atom. The summed E-state index contributed by atoms with van der Waals surface area (Å²) < 4.78 is 0. The van der Waals surface area contributed by atoms with Gasteiger partial charge in [0.05, 0.1) is 5.57 Å². The fraction of sp³-hybridized carbons (Fsp3) is 0. The number of benzene rings is 5. The number of hydrogen-bond acceptors (Lipinski definition) is 3. The monoisotopic (exact) mass is 451 g/mol. The summed E-state index contributed by atoms with van der Waals surface area (Å²) in [5, 5.41) is 1.92. The molecule has 0 bridgehead atoms. The molecule has 0 aliphatic heterocycles. The van der Waals surface area contributed by atoms with Gasteiger partial charge in [0, 0.05) is 28.2 Å². The number of para-hydroxylation sites is 2. The average molecular weight is 452 g/mol. The first-order valence-corrected chi connectivity index (χ1v) is 11.5. The van der Waals surface area contributed by atoms with Gasteiger partial charge in [-0.1, -0.05) is 72.8 Å². The van der Waals surface area contributed by atoms with Gasteiger partial charge in [-0.2, -0.15) is 0 Å². The van der Waals surface area contributed by atoms with E-state index in [0.717, 1.165) is 33.4 Å². The van der Waals surface area contributed by atoms with Crippen LogP contribution in [0.2, 0.25) is 0 Å². The quantitative estimate of drug-likeness (QED) is 0.207. The number of nitrogens with zero attached hydrogens (tertiary/aromatic N) is 1. The molecule has 6 rings (SSSR count). The number of Topliss-reactive ketones (excluding diaryl/α,β-unsaturated/α-hetero) is 2. The fourth-order valence-corrected chi connectivity index (χ4v) is 4.63. The Hall–Kier alpha value is -4.76. The molecule has 5 aromatic carbocycles. The molecule has 35 heavy (non-hydrogen) atoms. The van der Waals surface area contributed by atoms with Crippen LogP contribution < -0.4 is 4.90 Å². The highest BCUT2D eigenvalue weighted by atomic mass is 16.2. The molecular formula is C32H21NO2. The largest absolute Gasteiger partial charge is 0.311 e. The van der Waals surface area contributed by atoms with Crippen molar-refractivity contribution in [1.82, 2.24) is 0 Å². The molecule has 0 spiro atoms. The number of carbonyl (C=O) groups is 2. The maximum absolute atomic E-state index is 13.1. The van der Waals surface area contributed by atoms with Gasteiger partial charge in [0.25, 0.3) is 0 Å². The van der Waals surface area contributed by atoms with Crippen LogP contribution in [0.15, 0.2) is 127 Å². The molecular weight excluding hydrogens is 430 g/mol. The normalized spacial score (nSPS) is 12.6. The van der Waals surface area contributed by atoms with Gasteiger partial charge in [-0.05, 0) is 70.9 Å². The van der Waals surface area contributed by atoms with Crippen LogP contribution in [0.5, 0.6) is 0 Å². The Balaban J connectivity index is 1.36. The van der Waals surface area contributed by atoms with E-state index < -0.39 is 0 Å². The van der Waals surface area contributed by atoms with Crippen molar-refractivity contribution in [2.75, 3.05) is 4.90 Å².